The number of nitrogens with zero attached hydrogens (tertiary/aromatic N) is 2. The molecule has 4 rings (SSSR count). The largest absolute Gasteiger partial charge is 0.383 e. The third kappa shape index (κ3) is 3.84. The molecule has 2 atom stereocenters. The van der Waals surface area contributed by atoms with E-state index in [0.29, 0.717) is 29.5 Å². The van der Waals surface area contributed by atoms with Crippen LogP contribution < -0.4 is 11.5 Å². The number of primary amides is 1. The highest BCUT2D eigenvalue weighted by molar-refractivity contribution is 6.30. The van der Waals surface area contributed by atoms with Gasteiger partial charge in [-0.2, -0.15) is 0 Å². The highest BCUT2D eigenvalue weighted by Crippen LogP contribution is 2.43. The Balaban J connectivity index is 1.90. The van der Waals surface area contributed by atoms with E-state index in [9.17, 15) is 14.0 Å². The summed E-state index contributed by atoms with van der Waals surface area (Å²) in [5.41, 5.74) is 13.5. The molecule has 0 spiro atoms. The number of carbonyl (C=O) groups is 2. The van der Waals surface area contributed by atoms with Crippen molar-refractivity contribution in [3.05, 3.63) is 93.9 Å². The molecule has 0 unspecified atom stereocenters. The van der Waals surface area contributed by atoms with Crippen molar-refractivity contribution in [2.45, 2.75) is 24.9 Å². The van der Waals surface area contributed by atoms with Gasteiger partial charge in [-0.15, -0.1) is 0 Å². The highest BCUT2D eigenvalue weighted by atomic mass is 35.5. The average molecular weight is 439 g/mol. The molecule has 3 aromatic rings. The number of aromatic nitrogens is 1. The van der Waals surface area contributed by atoms with E-state index in [1.165, 1.54) is 23.2 Å². The van der Waals surface area contributed by atoms with Gasteiger partial charge in [0.1, 0.15) is 17.7 Å². The number of nitrogen functional groups attached to an aromatic ring is 1. The maximum atomic E-state index is 14.5. The second kappa shape index (κ2) is 8.35. The fourth-order valence-corrected chi connectivity index (χ4v) is 4.40. The normalized spacial score (nSPS) is 15.9. The fourth-order valence-electron chi connectivity index (χ4n) is 4.18. The van der Waals surface area contributed by atoms with E-state index in [-0.39, 0.29) is 16.4 Å². The van der Waals surface area contributed by atoms with Crippen molar-refractivity contribution in [2.24, 2.45) is 5.73 Å². The van der Waals surface area contributed by atoms with Crippen molar-refractivity contribution in [1.82, 2.24) is 9.88 Å². The van der Waals surface area contributed by atoms with Gasteiger partial charge in [0, 0.05) is 11.2 Å². The summed E-state index contributed by atoms with van der Waals surface area (Å²) >= 11 is 6.11. The molecular formula is C23H20ClFN4O2. The van der Waals surface area contributed by atoms with Crippen LogP contribution in [-0.2, 0) is 11.2 Å². The molecule has 2 amide bonds. The van der Waals surface area contributed by atoms with Gasteiger partial charge >= 0.3 is 0 Å². The van der Waals surface area contributed by atoms with Crippen LogP contribution in [0.25, 0.3) is 0 Å². The van der Waals surface area contributed by atoms with Gasteiger partial charge in [0.2, 0.25) is 5.91 Å². The molecule has 0 saturated heterocycles. The number of rotatable bonds is 5. The Morgan fingerprint density at radius 1 is 1.16 bits per heavy atom. The molecule has 158 valence electrons. The number of pyridine rings is 1. The Morgan fingerprint density at radius 3 is 2.58 bits per heavy atom. The van der Waals surface area contributed by atoms with Gasteiger partial charge in [-0.25, -0.2) is 9.37 Å². The summed E-state index contributed by atoms with van der Waals surface area (Å²) in [7, 11) is 0. The minimum Gasteiger partial charge on any atom is -0.383 e. The van der Waals surface area contributed by atoms with Crippen molar-refractivity contribution in [1.29, 1.82) is 0 Å². The number of fused-ring (bicyclic) bond motifs is 1. The van der Waals surface area contributed by atoms with Crippen LogP contribution in [0.2, 0.25) is 5.02 Å². The zero-order chi connectivity index (χ0) is 22.1. The highest BCUT2D eigenvalue weighted by Gasteiger charge is 2.40. The van der Waals surface area contributed by atoms with Crippen molar-refractivity contribution < 1.29 is 14.0 Å². The number of amides is 2. The van der Waals surface area contributed by atoms with E-state index in [4.69, 9.17) is 23.1 Å². The Labute approximate surface area is 183 Å². The molecule has 0 aliphatic heterocycles. The second-order valence-corrected chi connectivity index (χ2v) is 7.81. The van der Waals surface area contributed by atoms with E-state index < -0.39 is 29.7 Å². The first-order valence-corrected chi connectivity index (χ1v) is 10.1. The molecule has 0 bridgehead atoms. The minimum absolute atomic E-state index is 0.0317. The molecular weight excluding hydrogens is 419 g/mol. The average Bonchev–Trinajstić information content (AvgIpc) is 3.16. The molecule has 0 radical (unpaired) electrons. The first-order valence-electron chi connectivity index (χ1n) is 9.73. The molecule has 8 heteroatoms. The number of carbonyl (C=O) groups excluding carboxylic acids is 2. The fraction of sp³-hybridized carbons (Fsp3) is 0.174. The molecule has 1 aliphatic rings. The maximum Gasteiger partial charge on any atom is 0.259 e. The van der Waals surface area contributed by atoms with Crippen LogP contribution in [0.1, 0.15) is 45.6 Å². The Morgan fingerprint density at radius 2 is 1.90 bits per heavy atom. The topological polar surface area (TPSA) is 102 Å². The lowest BCUT2D eigenvalue weighted by atomic mass is 9.98. The lowest BCUT2D eigenvalue weighted by Gasteiger charge is -2.36. The number of halogens is 2. The van der Waals surface area contributed by atoms with Gasteiger partial charge in [0.05, 0.1) is 11.6 Å². The van der Waals surface area contributed by atoms with Crippen LogP contribution >= 0.6 is 11.6 Å². The van der Waals surface area contributed by atoms with E-state index >= 15 is 0 Å². The van der Waals surface area contributed by atoms with Gasteiger partial charge in [0.25, 0.3) is 5.91 Å². The van der Waals surface area contributed by atoms with Crippen molar-refractivity contribution >= 4 is 29.2 Å². The molecule has 2 aromatic carbocycles. The summed E-state index contributed by atoms with van der Waals surface area (Å²) in [5, 5.41) is 0.215. The minimum atomic E-state index is -1.09. The standard InChI is InChI=1S/C23H20ClFN4O2/c24-14-11-17-15(18(25)12-14)8-9-19(17)29(23(31)16-7-4-10-28-21(16)26)20(22(27)30)13-5-2-1-3-6-13/h1-7,10-12,19-20H,8-9H2,(H2,26,28)(H2,27,30)/t19-,20+/m1/s1. The second-order valence-electron chi connectivity index (χ2n) is 7.37. The monoisotopic (exact) mass is 438 g/mol. The van der Waals surface area contributed by atoms with Crippen molar-refractivity contribution in [3.8, 4) is 0 Å². The van der Waals surface area contributed by atoms with Crippen LogP contribution in [0.3, 0.4) is 0 Å². The van der Waals surface area contributed by atoms with Gasteiger partial charge in [0.15, 0.2) is 0 Å². The van der Waals surface area contributed by atoms with E-state index in [1.807, 2.05) is 0 Å². The zero-order valence-electron chi connectivity index (χ0n) is 16.5. The van der Waals surface area contributed by atoms with Crippen LogP contribution in [-0.4, -0.2) is 21.7 Å². The molecule has 0 fully saturated rings. The third-order valence-corrected chi connectivity index (χ3v) is 5.74. The summed E-state index contributed by atoms with van der Waals surface area (Å²) in [6, 6.07) is 13.0. The van der Waals surface area contributed by atoms with E-state index in [2.05, 4.69) is 4.98 Å². The number of benzene rings is 2. The van der Waals surface area contributed by atoms with Gasteiger partial charge in [-0.05, 0) is 53.8 Å². The molecule has 0 saturated carbocycles. The first kappa shape index (κ1) is 20.8. The SMILES string of the molecule is NC(=O)[C@H](c1ccccc1)N(C(=O)c1cccnc1N)[C@@H]1CCc2c(F)cc(Cl)cc21. The number of nitrogens with two attached hydrogens (primary N) is 2. The number of hydrogen-bond acceptors (Lipinski definition) is 4. The summed E-state index contributed by atoms with van der Waals surface area (Å²) in [5.74, 6) is -1.63. The van der Waals surface area contributed by atoms with Crippen LogP contribution in [0.15, 0.2) is 60.8 Å². The van der Waals surface area contributed by atoms with E-state index in [0.717, 1.165) is 0 Å². The summed E-state index contributed by atoms with van der Waals surface area (Å²) in [6.45, 7) is 0. The predicted octanol–water partition coefficient (Wildman–Crippen LogP) is 3.81. The molecule has 1 aliphatic carbocycles. The van der Waals surface area contributed by atoms with Crippen molar-refractivity contribution in [3.63, 3.8) is 0 Å². The lowest BCUT2D eigenvalue weighted by molar-refractivity contribution is -0.123. The van der Waals surface area contributed by atoms with Crippen LogP contribution in [0.5, 0.6) is 0 Å². The Hall–Kier alpha value is -3.45. The number of hydrogen-bond donors (Lipinski definition) is 2. The smallest absolute Gasteiger partial charge is 0.259 e. The van der Waals surface area contributed by atoms with Crippen molar-refractivity contribution in [2.75, 3.05) is 5.73 Å². The summed E-state index contributed by atoms with van der Waals surface area (Å²) in [6.07, 6.45) is 2.28. The third-order valence-electron chi connectivity index (χ3n) is 5.52. The van der Waals surface area contributed by atoms with Gasteiger partial charge in [-0.1, -0.05) is 41.9 Å². The quantitative estimate of drug-likeness (QED) is 0.632. The number of anilines is 1. The Kier molecular flexibility index (Phi) is 5.61. The Bertz CT molecular complexity index is 1160. The molecule has 1 heterocycles. The van der Waals surface area contributed by atoms with Crippen LogP contribution in [0, 0.1) is 5.82 Å². The lowest BCUT2D eigenvalue weighted by Crippen LogP contribution is -2.43. The van der Waals surface area contributed by atoms with Gasteiger partial charge < -0.3 is 16.4 Å². The first-order chi connectivity index (χ1) is 14.9. The summed E-state index contributed by atoms with van der Waals surface area (Å²) in [4.78, 5) is 31.7. The maximum absolute atomic E-state index is 14.5. The van der Waals surface area contributed by atoms with E-state index in [1.54, 1.807) is 42.5 Å². The van der Waals surface area contributed by atoms with Gasteiger partial charge in [-0.3, -0.25) is 9.59 Å². The van der Waals surface area contributed by atoms with Crippen LogP contribution in [0.4, 0.5) is 10.2 Å². The molecule has 31 heavy (non-hydrogen) atoms. The molecule has 6 nitrogen and oxygen atoms in total. The predicted molar refractivity (Wildman–Crippen MR) is 116 cm³/mol. The summed E-state index contributed by atoms with van der Waals surface area (Å²) < 4.78 is 14.5. The molecule has 4 N–H and O–H groups in total. The zero-order valence-corrected chi connectivity index (χ0v) is 17.2. The molecule has 1 aromatic heterocycles.